The first kappa shape index (κ1) is 47.0. The maximum Gasteiger partial charge on any atom is 0.314 e. The molecule has 11 nitrogen and oxygen atoms in total. The zero-order chi connectivity index (χ0) is 45.1. The summed E-state index contributed by atoms with van der Waals surface area (Å²) in [6.07, 6.45) is 8.44. The summed E-state index contributed by atoms with van der Waals surface area (Å²) >= 11 is 7.16. The largest absolute Gasteiger partial charge is 0.497 e. The fourth-order valence-corrected chi connectivity index (χ4v) is 8.80. The van der Waals surface area contributed by atoms with E-state index in [1.54, 1.807) is 67.8 Å². The number of hydrogen-bond acceptors (Lipinski definition) is 12. The fraction of sp³-hybridized carbons (Fsp3) is 0.420. The van der Waals surface area contributed by atoms with Crippen LogP contribution in [0.3, 0.4) is 0 Å². The van der Waals surface area contributed by atoms with Crippen molar-refractivity contribution in [3.05, 3.63) is 105 Å². The normalized spacial score (nSPS) is 18.9. The quantitative estimate of drug-likeness (QED) is 0.0433. The standard InChI is InChI=1S/C50H55ClO11S/c1-6-50(2,3)40-30-39(58-5)21-24-43(40)62-49(56)35-11-9-32(10-12-35)46(53)59-28-27-31-7-18-37(19-8-31)60-47(54)33-13-15-34(16-14-33)48(55)61-42-23-20-38(57-4)29-36(42)17-22-41(52)44-25-26-45(51)63-44/h7-8,17-26,29-30,32-35H,6,9-16,27-28H2,1-5H3/b22-17+. The molecular formula is C50H55ClO11S. The SMILES string of the molecule is CCC(C)(C)c1cc(OC)ccc1OC(=O)C1CCC(C(=O)OCCc2ccc(OC(=O)C3CCC(C(=O)Oc4ccc(OC)cc4/C=C/C(=O)c4ccc(Cl)s4)CC3)cc2)CC1. The van der Waals surface area contributed by atoms with Crippen LogP contribution in [0.2, 0.25) is 4.34 Å². The van der Waals surface area contributed by atoms with Gasteiger partial charge >= 0.3 is 23.9 Å². The number of methoxy groups -OCH3 is 2. The first-order chi connectivity index (χ1) is 30.3. The van der Waals surface area contributed by atoms with Crippen molar-refractivity contribution in [1.29, 1.82) is 0 Å². The molecule has 0 radical (unpaired) electrons. The average molecular weight is 899 g/mol. The highest BCUT2D eigenvalue weighted by Crippen LogP contribution is 2.39. The van der Waals surface area contributed by atoms with Gasteiger partial charge in [0.15, 0.2) is 5.78 Å². The Bertz CT molecular complexity index is 2280. The van der Waals surface area contributed by atoms with Gasteiger partial charge in [0.05, 0.1) is 53.7 Å². The van der Waals surface area contributed by atoms with Gasteiger partial charge in [0.2, 0.25) is 0 Å². The van der Waals surface area contributed by atoms with E-state index in [0.29, 0.717) is 101 Å². The van der Waals surface area contributed by atoms with Crippen molar-refractivity contribution in [2.75, 3.05) is 20.8 Å². The summed E-state index contributed by atoms with van der Waals surface area (Å²) in [6, 6.07) is 21.0. The van der Waals surface area contributed by atoms with Crippen molar-refractivity contribution in [3.8, 4) is 28.7 Å². The molecule has 0 N–H and O–H groups in total. The number of ether oxygens (including phenoxy) is 6. The molecule has 1 aromatic heterocycles. The summed E-state index contributed by atoms with van der Waals surface area (Å²) in [5, 5.41) is 0. The number of halogens is 1. The third kappa shape index (κ3) is 12.6. The average Bonchev–Trinajstić information content (AvgIpc) is 3.75. The van der Waals surface area contributed by atoms with Crippen molar-refractivity contribution < 1.29 is 52.4 Å². The van der Waals surface area contributed by atoms with E-state index in [0.717, 1.165) is 17.5 Å². The molecule has 0 aliphatic heterocycles. The van der Waals surface area contributed by atoms with Crippen LogP contribution in [0, 0.1) is 23.7 Å². The Hall–Kier alpha value is -5.46. The number of hydrogen-bond donors (Lipinski definition) is 0. The van der Waals surface area contributed by atoms with Gasteiger partial charge in [0, 0.05) is 17.5 Å². The lowest BCUT2D eigenvalue weighted by Gasteiger charge is -2.28. The second-order valence-corrected chi connectivity index (χ2v) is 18.4. The summed E-state index contributed by atoms with van der Waals surface area (Å²) in [5.74, 6) is -0.309. The van der Waals surface area contributed by atoms with Crippen LogP contribution >= 0.6 is 22.9 Å². The first-order valence-electron chi connectivity index (χ1n) is 21.5. The molecule has 1 heterocycles. The lowest BCUT2D eigenvalue weighted by molar-refractivity contribution is -0.152. The number of rotatable bonds is 17. The van der Waals surface area contributed by atoms with E-state index >= 15 is 0 Å². The van der Waals surface area contributed by atoms with Crippen LogP contribution in [0.15, 0.2) is 78.9 Å². The minimum atomic E-state index is -0.403. The van der Waals surface area contributed by atoms with E-state index in [2.05, 4.69) is 20.8 Å². The predicted molar refractivity (Wildman–Crippen MR) is 241 cm³/mol. The van der Waals surface area contributed by atoms with Crippen LogP contribution in [0.1, 0.15) is 105 Å². The van der Waals surface area contributed by atoms with Gasteiger partial charge in [-0.25, -0.2) is 0 Å². The summed E-state index contributed by atoms with van der Waals surface area (Å²) < 4.78 is 34.3. The minimum Gasteiger partial charge on any atom is -0.497 e. The summed E-state index contributed by atoms with van der Waals surface area (Å²) in [5.41, 5.74) is 2.15. The smallest absolute Gasteiger partial charge is 0.314 e. The Morgan fingerprint density at radius 2 is 1.16 bits per heavy atom. The highest BCUT2D eigenvalue weighted by atomic mass is 35.5. The van der Waals surface area contributed by atoms with Crippen molar-refractivity contribution in [2.45, 2.75) is 90.4 Å². The van der Waals surface area contributed by atoms with Gasteiger partial charge in [-0.1, -0.05) is 44.5 Å². The van der Waals surface area contributed by atoms with Gasteiger partial charge in [0.25, 0.3) is 0 Å². The molecule has 334 valence electrons. The number of benzene rings is 3. The van der Waals surface area contributed by atoms with Gasteiger partial charge in [-0.15, -0.1) is 11.3 Å². The number of carbonyl (C=O) groups is 5. The molecule has 63 heavy (non-hydrogen) atoms. The molecule has 6 rings (SSSR count). The molecule has 2 saturated carbocycles. The Morgan fingerprint density at radius 1 is 0.651 bits per heavy atom. The maximum atomic E-state index is 13.2. The van der Waals surface area contributed by atoms with Gasteiger partial charge in [-0.05, 0) is 142 Å². The van der Waals surface area contributed by atoms with E-state index < -0.39 is 11.9 Å². The zero-order valence-electron chi connectivity index (χ0n) is 36.4. The van der Waals surface area contributed by atoms with Crippen molar-refractivity contribution in [1.82, 2.24) is 0 Å². The van der Waals surface area contributed by atoms with Crippen LogP contribution in [0.5, 0.6) is 28.7 Å². The molecule has 0 atom stereocenters. The van der Waals surface area contributed by atoms with Gasteiger partial charge in [0.1, 0.15) is 28.7 Å². The number of carbonyl (C=O) groups excluding carboxylic acids is 5. The van der Waals surface area contributed by atoms with E-state index in [-0.39, 0.29) is 53.5 Å². The predicted octanol–water partition coefficient (Wildman–Crippen LogP) is 10.8. The Labute approximate surface area is 378 Å². The first-order valence-corrected chi connectivity index (χ1v) is 22.7. The number of thiophene rings is 1. The molecule has 4 aromatic rings. The molecule has 2 aliphatic carbocycles. The molecule has 0 amide bonds. The molecule has 13 heteroatoms. The molecule has 2 fully saturated rings. The second kappa shape index (κ2) is 21.8. The van der Waals surface area contributed by atoms with Crippen molar-refractivity contribution in [2.24, 2.45) is 23.7 Å². The zero-order valence-corrected chi connectivity index (χ0v) is 38.0. The lowest BCUT2D eigenvalue weighted by Crippen LogP contribution is -2.30. The Balaban J connectivity index is 0.899. The van der Waals surface area contributed by atoms with E-state index in [9.17, 15) is 24.0 Å². The topological polar surface area (TPSA) is 141 Å². The highest BCUT2D eigenvalue weighted by molar-refractivity contribution is 7.18. The molecule has 3 aromatic carbocycles. The lowest BCUT2D eigenvalue weighted by atomic mass is 9.81. The van der Waals surface area contributed by atoms with Gasteiger partial charge in [-0.3, -0.25) is 24.0 Å². The Morgan fingerprint density at radius 3 is 1.70 bits per heavy atom. The van der Waals surface area contributed by atoms with Crippen LogP contribution in [0.4, 0.5) is 0 Å². The van der Waals surface area contributed by atoms with E-state index in [1.807, 2.05) is 18.2 Å². The maximum absolute atomic E-state index is 13.2. The van der Waals surface area contributed by atoms with E-state index in [4.69, 9.17) is 40.0 Å². The second-order valence-electron chi connectivity index (χ2n) is 16.7. The highest BCUT2D eigenvalue weighted by Gasteiger charge is 2.34. The number of allylic oxidation sites excluding steroid dienone is 1. The third-order valence-corrected chi connectivity index (χ3v) is 13.5. The number of esters is 4. The molecule has 0 saturated heterocycles. The number of ketones is 1. The monoisotopic (exact) mass is 898 g/mol. The summed E-state index contributed by atoms with van der Waals surface area (Å²) in [4.78, 5) is 65.6. The summed E-state index contributed by atoms with van der Waals surface area (Å²) in [7, 11) is 3.14. The van der Waals surface area contributed by atoms with Crippen molar-refractivity contribution >= 4 is 58.7 Å². The van der Waals surface area contributed by atoms with Crippen LogP contribution in [-0.4, -0.2) is 50.5 Å². The minimum absolute atomic E-state index is 0.206. The van der Waals surface area contributed by atoms with Gasteiger partial charge < -0.3 is 28.4 Å². The molecule has 0 unspecified atom stereocenters. The molecule has 0 spiro atoms. The van der Waals surface area contributed by atoms with Crippen LogP contribution < -0.4 is 23.7 Å². The summed E-state index contributed by atoms with van der Waals surface area (Å²) in [6.45, 7) is 6.53. The Kier molecular flexibility index (Phi) is 16.2. The molecular weight excluding hydrogens is 844 g/mol. The van der Waals surface area contributed by atoms with Crippen molar-refractivity contribution in [3.63, 3.8) is 0 Å². The van der Waals surface area contributed by atoms with E-state index in [1.165, 1.54) is 24.5 Å². The third-order valence-electron chi connectivity index (χ3n) is 12.2. The van der Waals surface area contributed by atoms with Crippen LogP contribution in [0.25, 0.3) is 6.08 Å². The molecule has 0 bridgehead atoms. The van der Waals surface area contributed by atoms with Gasteiger partial charge in [-0.2, -0.15) is 0 Å². The van der Waals surface area contributed by atoms with Crippen LogP contribution in [-0.2, 0) is 35.8 Å². The fourth-order valence-electron chi connectivity index (χ4n) is 7.84. The molecule has 2 aliphatic rings.